The van der Waals surface area contributed by atoms with Crippen molar-refractivity contribution in [2.45, 2.75) is 19.7 Å². The molecule has 3 aromatic rings. The van der Waals surface area contributed by atoms with E-state index in [1.165, 1.54) is 6.07 Å². The van der Waals surface area contributed by atoms with Gasteiger partial charge in [0.05, 0.1) is 6.67 Å². The van der Waals surface area contributed by atoms with Gasteiger partial charge in [-0.3, -0.25) is 4.90 Å². The van der Waals surface area contributed by atoms with E-state index in [0.29, 0.717) is 12.6 Å². The smallest absolute Gasteiger partial charge is 0.288 e. The number of pyridine rings is 1. The number of anilines is 1. The number of nitrogens with zero attached hydrogens (tertiary/aromatic N) is 5. The lowest BCUT2D eigenvalue weighted by molar-refractivity contribution is 0.178. The summed E-state index contributed by atoms with van der Waals surface area (Å²) in [5, 5.41) is 4.44. The van der Waals surface area contributed by atoms with E-state index in [1.54, 1.807) is 29.8 Å². The van der Waals surface area contributed by atoms with Crippen LogP contribution in [0.3, 0.4) is 0 Å². The Bertz CT molecular complexity index is 1000. The number of hydrogen-bond acceptors (Lipinski definition) is 7. The number of piperazine rings is 1. The summed E-state index contributed by atoms with van der Waals surface area (Å²) in [4.78, 5) is 9.19. The summed E-state index contributed by atoms with van der Waals surface area (Å²) in [6.07, 6.45) is 1.25. The van der Waals surface area contributed by atoms with E-state index >= 15 is 0 Å². The molecule has 7 nitrogen and oxygen atoms in total. The maximum atomic E-state index is 13.8. The Labute approximate surface area is 173 Å². The highest BCUT2D eigenvalue weighted by atomic mass is 32.1. The van der Waals surface area contributed by atoms with Crippen LogP contribution in [-0.4, -0.2) is 45.8 Å². The average Bonchev–Trinajstić information content (AvgIpc) is 3.11. The number of benzene rings is 1. The molecule has 1 atom stereocenters. The Morgan fingerprint density at radius 1 is 1.14 bits per heavy atom. The Hall–Kier alpha value is -2.78. The van der Waals surface area contributed by atoms with Gasteiger partial charge in [-0.1, -0.05) is 18.2 Å². The van der Waals surface area contributed by atoms with E-state index in [9.17, 15) is 4.39 Å². The second-order valence-corrected chi connectivity index (χ2v) is 7.18. The molecule has 0 bridgehead atoms. The highest BCUT2D eigenvalue weighted by molar-refractivity contribution is 7.71. The van der Waals surface area contributed by atoms with Crippen LogP contribution in [0.2, 0.25) is 0 Å². The summed E-state index contributed by atoms with van der Waals surface area (Å²) in [6.45, 7) is 5.77. The molecule has 4 rings (SSSR count). The first-order valence-electron chi connectivity index (χ1n) is 9.47. The zero-order valence-electron chi connectivity index (χ0n) is 16.1. The molecule has 0 N–H and O–H groups in total. The van der Waals surface area contributed by atoms with E-state index in [4.69, 9.17) is 21.4 Å². The third-order valence-electron chi connectivity index (χ3n) is 4.79. The van der Waals surface area contributed by atoms with Crippen LogP contribution in [0.1, 0.15) is 18.9 Å². The summed E-state index contributed by atoms with van der Waals surface area (Å²) in [7, 11) is 0. The van der Waals surface area contributed by atoms with Gasteiger partial charge in [-0.15, -0.1) is 5.10 Å². The number of rotatable bonds is 6. The van der Waals surface area contributed by atoms with Crippen molar-refractivity contribution < 1.29 is 13.5 Å². The minimum absolute atomic E-state index is 0.154. The van der Waals surface area contributed by atoms with Gasteiger partial charge in [-0.25, -0.2) is 14.1 Å². The van der Waals surface area contributed by atoms with Crippen LogP contribution in [-0.2, 0) is 6.67 Å². The molecule has 0 spiro atoms. The van der Waals surface area contributed by atoms with E-state index in [0.717, 1.165) is 32.0 Å². The third-order valence-corrected chi connectivity index (χ3v) is 5.08. The Morgan fingerprint density at radius 2 is 1.90 bits per heavy atom. The van der Waals surface area contributed by atoms with Crippen molar-refractivity contribution in [3.05, 3.63) is 65.2 Å². The molecular weight excluding hydrogens is 393 g/mol. The summed E-state index contributed by atoms with van der Waals surface area (Å²) >= 11 is 5.31. The molecule has 2 aromatic heterocycles. The van der Waals surface area contributed by atoms with Crippen LogP contribution in [0.4, 0.5) is 10.2 Å². The van der Waals surface area contributed by atoms with Gasteiger partial charge in [0.25, 0.3) is 10.7 Å². The molecule has 0 aliphatic carbocycles. The summed E-state index contributed by atoms with van der Waals surface area (Å²) in [5.41, 5.74) is 0. The van der Waals surface area contributed by atoms with Crippen molar-refractivity contribution in [2.75, 3.05) is 31.1 Å². The lowest BCUT2D eigenvalue weighted by Crippen LogP contribution is -2.47. The Balaban J connectivity index is 1.36. The van der Waals surface area contributed by atoms with Crippen molar-refractivity contribution in [1.82, 2.24) is 19.7 Å². The van der Waals surface area contributed by atoms with E-state index in [-0.39, 0.29) is 10.6 Å². The number of hydrogen-bond donors (Lipinski definition) is 0. The molecule has 29 heavy (non-hydrogen) atoms. The Kier molecular flexibility index (Phi) is 5.86. The first-order valence-corrected chi connectivity index (χ1v) is 9.88. The lowest BCUT2D eigenvalue weighted by Gasteiger charge is -2.34. The zero-order valence-corrected chi connectivity index (χ0v) is 16.9. The number of aromatic nitrogens is 3. The van der Waals surface area contributed by atoms with Crippen LogP contribution in [0.25, 0.3) is 0 Å². The SMILES string of the molecule is C[C@H](Oc1ccccc1F)c1nn(CN2CCN(c3ccccn3)CC2)c(=S)o1. The second-order valence-electron chi connectivity index (χ2n) is 6.83. The van der Waals surface area contributed by atoms with Crippen molar-refractivity contribution in [3.63, 3.8) is 0 Å². The molecule has 3 heterocycles. The Morgan fingerprint density at radius 3 is 2.62 bits per heavy atom. The number of halogens is 1. The summed E-state index contributed by atoms with van der Waals surface area (Å²) in [5.74, 6) is 1.04. The lowest BCUT2D eigenvalue weighted by atomic mass is 10.3. The number of ether oxygens (including phenoxy) is 1. The summed E-state index contributed by atoms with van der Waals surface area (Å²) < 4.78 is 26.7. The van der Waals surface area contributed by atoms with Crippen LogP contribution < -0.4 is 9.64 Å². The fraction of sp³-hybridized carbons (Fsp3) is 0.350. The van der Waals surface area contributed by atoms with E-state index in [1.807, 2.05) is 24.4 Å². The summed E-state index contributed by atoms with van der Waals surface area (Å²) in [6, 6.07) is 12.2. The van der Waals surface area contributed by atoms with Gasteiger partial charge in [0.15, 0.2) is 17.7 Å². The minimum Gasteiger partial charge on any atom is -0.478 e. The molecule has 0 unspecified atom stereocenters. The molecule has 1 saturated heterocycles. The molecule has 152 valence electrons. The molecule has 1 aliphatic heterocycles. The molecule has 0 amide bonds. The second kappa shape index (κ2) is 8.71. The molecule has 9 heteroatoms. The highest BCUT2D eigenvalue weighted by Crippen LogP contribution is 2.23. The van der Waals surface area contributed by atoms with Crippen molar-refractivity contribution in [3.8, 4) is 5.75 Å². The fourth-order valence-electron chi connectivity index (χ4n) is 3.21. The van der Waals surface area contributed by atoms with Gasteiger partial charge < -0.3 is 14.1 Å². The van der Waals surface area contributed by atoms with Crippen LogP contribution in [0, 0.1) is 10.7 Å². The van der Waals surface area contributed by atoms with Crippen LogP contribution >= 0.6 is 12.2 Å². The van der Waals surface area contributed by atoms with Crippen molar-refractivity contribution in [1.29, 1.82) is 0 Å². The zero-order chi connectivity index (χ0) is 20.2. The van der Waals surface area contributed by atoms with Gasteiger partial charge >= 0.3 is 0 Å². The highest BCUT2D eigenvalue weighted by Gasteiger charge is 2.21. The topological polar surface area (TPSA) is 59.6 Å². The molecule has 0 saturated carbocycles. The monoisotopic (exact) mass is 415 g/mol. The van der Waals surface area contributed by atoms with Crippen molar-refractivity contribution in [2.24, 2.45) is 0 Å². The van der Waals surface area contributed by atoms with Gasteiger partial charge in [-0.05, 0) is 43.4 Å². The predicted octanol–water partition coefficient (Wildman–Crippen LogP) is 3.66. The first-order chi connectivity index (χ1) is 14.1. The largest absolute Gasteiger partial charge is 0.478 e. The van der Waals surface area contributed by atoms with Crippen molar-refractivity contribution >= 4 is 18.0 Å². The quantitative estimate of drug-likeness (QED) is 0.570. The maximum Gasteiger partial charge on any atom is 0.288 e. The molecule has 1 aromatic carbocycles. The van der Waals surface area contributed by atoms with Gasteiger partial charge in [0, 0.05) is 32.4 Å². The minimum atomic E-state index is -0.559. The standard InChI is InChI=1S/C20H22FN5O2S/c1-15(27-17-7-3-2-6-16(17)21)19-23-26(20(29)28-19)14-24-10-12-25(13-11-24)18-8-4-5-9-22-18/h2-9,15H,10-14H2,1H3/t15-/m0/s1. The third kappa shape index (κ3) is 4.63. The van der Waals surface area contributed by atoms with Crippen LogP contribution in [0.5, 0.6) is 5.75 Å². The molecule has 0 radical (unpaired) electrons. The maximum absolute atomic E-state index is 13.8. The average molecular weight is 415 g/mol. The van der Waals surface area contributed by atoms with Gasteiger partial charge in [-0.2, -0.15) is 0 Å². The normalized spacial score (nSPS) is 16.0. The van der Waals surface area contributed by atoms with E-state index in [2.05, 4.69) is 19.9 Å². The molecular formula is C20H22FN5O2S. The number of para-hydroxylation sites is 1. The molecule has 1 aliphatic rings. The van der Waals surface area contributed by atoms with Gasteiger partial charge in [0.1, 0.15) is 5.82 Å². The van der Waals surface area contributed by atoms with Crippen LogP contribution in [0.15, 0.2) is 53.1 Å². The fourth-order valence-corrected chi connectivity index (χ4v) is 3.39. The van der Waals surface area contributed by atoms with Gasteiger partial charge in [0.2, 0.25) is 0 Å². The molecule has 1 fully saturated rings. The predicted molar refractivity (Wildman–Crippen MR) is 109 cm³/mol. The van der Waals surface area contributed by atoms with E-state index < -0.39 is 11.9 Å². The first kappa shape index (κ1) is 19.5.